The van der Waals surface area contributed by atoms with Crippen molar-refractivity contribution in [3.63, 3.8) is 0 Å². The Morgan fingerprint density at radius 3 is 2.24 bits per heavy atom. The van der Waals surface area contributed by atoms with Crippen LogP contribution in [0.15, 0.2) is 0 Å². The van der Waals surface area contributed by atoms with Crippen molar-refractivity contribution in [1.29, 1.82) is 5.26 Å². The van der Waals surface area contributed by atoms with Crippen LogP contribution in [-0.2, 0) is 4.79 Å². The maximum Gasteiger partial charge on any atom is 0.135 e. The Labute approximate surface area is 105 Å². The van der Waals surface area contributed by atoms with E-state index in [1.165, 1.54) is 12.8 Å². The van der Waals surface area contributed by atoms with Crippen molar-refractivity contribution in [3.05, 3.63) is 0 Å². The average Bonchev–Trinajstić information content (AvgIpc) is 2.88. The molecule has 2 rings (SSSR count). The zero-order valence-electron chi connectivity index (χ0n) is 11.3. The van der Waals surface area contributed by atoms with Gasteiger partial charge in [-0.15, -0.1) is 0 Å². The van der Waals surface area contributed by atoms with Crippen LogP contribution >= 0.6 is 0 Å². The van der Waals surface area contributed by atoms with Gasteiger partial charge in [-0.1, -0.05) is 20.3 Å². The van der Waals surface area contributed by atoms with E-state index in [0.717, 1.165) is 25.7 Å². The highest BCUT2D eigenvalue weighted by molar-refractivity contribution is 5.82. The van der Waals surface area contributed by atoms with Gasteiger partial charge in [-0.3, -0.25) is 4.79 Å². The van der Waals surface area contributed by atoms with Crippen LogP contribution in [0.4, 0.5) is 0 Å². The molecule has 96 valence electrons. The van der Waals surface area contributed by atoms with E-state index in [9.17, 15) is 4.79 Å². The first-order chi connectivity index (χ1) is 8.05. The fraction of sp³-hybridized carbons (Fsp3) is 0.857. The second-order valence-electron chi connectivity index (χ2n) is 5.39. The van der Waals surface area contributed by atoms with Crippen LogP contribution in [0.25, 0.3) is 0 Å². The van der Waals surface area contributed by atoms with Crippen LogP contribution in [0, 0.1) is 23.2 Å². The van der Waals surface area contributed by atoms with Gasteiger partial charge in [0.15, 0.2) is 0 Å². The van der Waals surface area contributed by atoms with Crippen LogP contribution < -0.4 is 5.32 Å². The molecule has 0 saturated heterocycles. The maximum absolute atomic E-state index is 10.6. The van der Waals surface area contributed by atoms with Crippen LogP contribution in [-0.4, -0.2) is 18.4 Å². The molecule has 0 bridgehead atoms. The van der Waals surface area contributed by atoms with Crippen molar-refractivity contribution in [1.82, 2.24) is 5.32 Å². The van der Waals surface area contributed by atoms with E-state index in [4.69, 9.17) is 5.26 Å². The van der Waals surface area contributed by atoms with E-state index in [2.05, 4.69) is 18.3 Å². The lowest BCUT2D eigenvalue weighted by molar-refractivity contribution is -0.120. The van der Waals surface area contributed by atoms with Gasteiger partial charge in [0.05, 0.1) is 6.07 Å². The number of hydrogen-bond donors (Lipinski definition) is 1. The Hall–Kier alpha value is -0.880. The number of Topliss-reactive ketones (excluding diaryl/α,β-unsaturated/α-hetero) is 1. The summed E-state index contributed by atoms with van der Waals surface area (Å²) < 4.78 is 0. The summed E-state index contributed by atoms with van der Waals surface area (Å²) in [5, 5.41) is 12.0. The second kappa shape index (κ2) is 6.16. The smallest absolute Gasteiger partial charge is 0.135 e. The zero-order chi connectivity index (χ0) is 12.9. The van der Waals surface area contributed by atoms with E-state index >= 15 is 0 Å². The van der Waals surface area contributed by atoms with Gasteiger partial charge in [0, 0.05) is 12.3 Å². The summed E-state index contributed by atoms with van der Waals surface area (Å²) >= 11 is 0. The highest BCUT2D eigenvalue weighted by Crippen LogP contribution is 2.34. The summed E-state index contributed by atoms with van der Waals surface area (Å²) in [6, 6.07) is 2.37. The fourth-order valence-corrected chi connectivity index (χ4v) is 2.76. The minimum Gasteiger partial charge on any atom is -0.302 e. The normalized spacial score (nSPS) is 36.2. The Kier molecular flexibility index (Phi) is 5.14. The third-order valence-corrected chi connectivity index (χ3v) is 4.31. The minimum atomic E-state index is -0.208. The third-order valence-electron chi connectivity index (χ3n) is 4.31. The molecule has 2 aliphatic carbocycles. The second-order valence-corrected chi connectivity index (χ2v) is 5.39. The molecule has 2 fully saturated rings. The number of carbonyl (C=O) groups is 1. The number of hydrogen-bond acceptors (Lipinski definition) is 3. The van der Waals surface area contributed by atoms with Crippen molar-refractivity contribution in [2.75, 3.05) is 7.05 Å². The molecule has 3 unspecified atom stereocenters. The van der Waals surface area contributed by atoms with Crippen LogP contribution in [0.5, 0.6) is 0 Å². The molecule has 2 saturated carbocycles. The summed E-state index contributed by atoms with van der Waals surface area (Å²) in [7, 11) is 1.88. The molecule has 3 heteroatoms. The molecule has 0 aromatic heterocycles. The Morgan fingerprint density at radius 2 is 2.06 bits per heavy atom. The number of carbonyl (C=O) groups excluding carboxylic acids is 1. The number of rotatable bonds is 1. The van der Waals surface area contributed by atoms with Crippen LogP contribution in [0.1, 0.15) is 52.4 Å². The SMILES string of the molecule is CC1CCCC1=O.CNC1(C#N)CCCC1C. The van der Waals surface area contributed by atoms with Gasteiger partial charge in [-0.25, -0.2) is 0 Å². The standard InChI is InChI=1S/C8H14N2.C6H10O/c1-7-4-3-5-8(7,6-9)10-2;1-5-3-2-4-6(5)7/h7,10H,3-5H2,1-2H3;5H,2-4H2,1H3. The molecule has 0 aromatic carbocycles. The Morgan fingerprint density at radius 1 is 1.35 bits per heavy atom. The molecule has 0 aromatic rings. The molecule has 0 heterocycles. The van der Waals surface area contributed by atoms with Crippen molar-refractivity contribution < 1.29 is 4.79 Å². The van der Waals surface area contributed by atoms with Crippen molar-refractivity contribution in [2.45, 2.75) is 57.9 Å². The van der Waals surface area contributed by atoms with Gasteiger partial charge in [0.25, 0.3) is 0 Å². The molecule has 17 heavy (non-hydrogen) atoms. The molecule has 1 N–H and O–H groups in total. The first kappa shape index (κ1) is 14.2. The van der Waals surface area contributed by atoms with Crippen molar-refractivity contribution in [2.24, 2.45) is 11.8 Å². The monoisotopic (exact) mass is 236 g/mol. The Balaban J connectivity index is 0.000000181. The van der Waals surface area contributed by atoms with E-state index in [0.29, 0.717) is 17.6 Å². The zero-order valence-corrected chi connectivity index (χ0v) is 11.3. The molecular formula is C14H24N2O. The quantitative estimate of drug-likeness (QED) is 0.761. The fourth-order valence-electron chi connectivity index (χ4n) is 2.76. The molecule has 3 atom stereocenters. The Bertz CT molecular complexity index is 308. The van der Waals surface area contributed by atoms with E-state index in [-0.39, 0.29) is 5.54 Å². The lowest BCUT2D eigenvalue weighted by Crippen LogP contribution is -2.43. The summed E-state index contributed by atoms with van der Waals surface area (Å²) in [5.74, 6) is 1.35. The van der Waals surface area contributed by atoms with E-state index in [1.807, 2.05) is 14.0 Å². The van der Waals surface area contributed by atoms with Gasteiger partial charge >= 0.3 is 0 Å². The predicted molar refractivity (Wildman–Crippen MR) is 68.4 cm³/mol. The van der Waals surface area contributed by atoms with E-state index in [1.54, 1.807) is 0 Å². The molecule has 3 nitrogen and oxygen atoms in total. The lowest BCUT2D eigenvalue weighted by atomic mass is 9.90. The van der Waals surface area contributed by atoms with Gasteiger partial charge in [-0.2, -0.15) is 5.26 Å². The van der Waals surface area contributed by atoms with Gasteiger partial charge in [-0.05, 0) is 38.6 Å². The third kappa shape index (κ3) is 3.29. The first-order valence-electron chi connectivity index (χ1n) is 6.68. The van der Waals surface area contributed by atoms with Crippen molar-refractivity contribution in [3.8, 4) is 6.07 Å². The van der Waals surface area contributed by atoms with E-state index < -0.39 is 0 Å². The van der Waals surface area contributed by atoms with Crippen LogP contribution in [0.3, 0.4) is 0 Å². The number of nitrogens with one attached hydrogen (secondary N) is 1. The molecular weight excluding hydrogens is 212 g/mol. The topological polar surface area (TPSA) is 52.9 Å². The summed E-state index contributed by atoms with van der Waals surface area (Å²) in [6.45, 7) is 4.15. The highest BCUT2D eigenvalue weighted by atomic mass is 16.1. The van der Waals surface area contributed by atoms with Crippen molar-refractivity contribution >= 4 is 5.78 Å². The first-order valence-corrected chi connectivity index (χ1v) is 6.68. The number of ketones is 1. The summed E-state index contributed by atoms with van der Waals surface area (Å²) in [6.07, 6.45) is 6.48. The molecule has 0 radical (unpaired) electrons. The molecule has 2 aliphatic rings. The van der Waals surface area contributed by atoms with Gasteiger partial charge < -0.3 is 5.32 Å². The maximum atomic E-state index is 10.6. The molecule has 0 aliphatic heterocycles. The predicted octanol–water partition coefficient (Wildman–Crippen LogP) is 2.66. The highest BCUT2D eigenvalue weighted by Gasteiger charge is 2.38. The largest absolute Gasteiger partial charge is 0.302 e. The summed E-state index contributed by atoms with van der Waals surface area (Å²) in [5.41, 5.74) is -0.208. The lowest BCUT2D eigenvalue weighted by Gasteiger charge is -2.24. The van der Waals surface area contributed by atoms with Gasteiger partial charge in [0.1, 0.15) is 11.3 Å². The van der Waals surface area contributed by atoms with Gasteiger partial charge in [0.2, 0.25) is 0 Å². The summed E-state index contributed by atoms with van der Waals surface area (Å²) in [4.78, 5) is 10.6. The number of nitriles is 1. The number of nitrogens with zero attached hydrogens (tertiary/aromatic N) is 1. The minimum absolute atomic E-state index is 0.208. The molecule has 0 spiro atoms. The van der Waals surface area contributed by atoms with Crippen LogP contribution in [0.2, 0.25) is 0 Å². The molecule has 0 amide bonds. The average molecular weight is 236 g/mol.